The van der Waals surface area contributed by atoms with Crippen LogP contribution in [0, 0.1) is 10.1 Å². The fourth-order valence-electron chi connectivity index (χ4n) is 2.28. The maximum Gasteiger partial charge on any atom is 0.269 e. The van der Waals surface area contributed by atoms with E-state index < -0.39 is 4.92 Å². The van der Waals surface area contributed by atoms with Crippen molar-refractivity contribution in [3.8, 4) is 0 Å². The first-order chi connectivity index (χ1) is 9.58. The van der Waals surface area contributed by atoms with Gasteiger partial charge in [0.1, 0.15) is 0 Å². The minimum Gasteiger partial charge on any atom is -0.325 e. The largest absolute Gasteiger partial charge is 0.325 e. The van der Waals surface area contributed by atoms with Gasteiger partial charge in [-0.15, -0.1) is 0 Å². The number of nitro groups is 1. The maximum absolute atomic E-state index is 11.9. The van der Waals surface area contributed by atoms with Crippen LogP contribution in [0.2, 0.25) is 0 Å². The summed E-state index contributed by atoms with van der Waals surface area (Å²) in [7, 11) is 1.92. The molecule has 7 nitrogen and oxygen atoms in total. The van der Waals surface area contributed by atoms with Gasteiger partial charge in [0.05, 0.1) is 11.5 Å². The summed E-state index contributed by atoms with van der Waals surface area (Å²) in [5, 5.41) is 16.5. The molecule has 1 atom stereocenters. The minimum atomic E-state index is -0.465. The van der Waals surface area contributed by atoms with E-state index in [4.69, 9.17) is 0 Å². The van der Waals surface area contributed by atoms with Crippen molar-refractivity contribution in [1.29, 1.82) is 0 Å². The molecule has 1 aliphatic heterocycles. The molecule has 1 aromatic rings. The van der Waals surface area contributed by atoms with Crippen LogP contribution < -0.4 is 10.6 Å². The van der Waals surface area contributed by atoms with Gasteiger partial charge in [0.15, 0.2) is 0 Å². The summed E-state index contributed by atoms with van der Waals surface area (Å²) in [5.41, 5.74) is 0.587. The molecule has 0 saturated carbocycles. The Morgan fingerprint density at radius 3 is 2.70 bits per heavy atom. The Morgan fingerprint density at radius 1 is 1.45 bits per heavy atom. The van der Waals surface area contributed by atoms with Crippen LogP contribution in [0.1, 0.15) is 6.42 Å². The second-order valence-corrected chi connectivity index (χ2v) is 4.86. The Bertz CT molecular complexity index is 489. The van der Waals surface area contributed by atoms with Crippen LogP contribution in [-0.2, 0) is 4.79 Å². The second-order valence-electron chi connectivity index (χ2n) is 4.86. The molecule has 20 heavy (non-hydrogen) atoms. The van der Waals surface area contributed by atoms with Crippen LogP contribution in [-0.4, -0.2) is 48.5 Å². The average molecular weight is 278 g/mol. The lowest BCUT2D eigenvalue weighted by atomic mass is 10.3. The van der Waals surface area contributed by atoms with E-state index in [1.54, 1.807) is 0 Å². The Labute approximate surface area is 117 Å². The van der Waals surface area contributed by atoms with Gasteiger partial charge in [0, 0.05) is 37.0 Å². The topological polar surface area (TPSA) is 87.5 Å². The number of hydrogen-bond donors (Lipinski definition) is 2. The van der Waals surface area contributed by atoms with Crippen molar-refractivity contribution in [2.45, 2.75) is 12.5 Å². The number of nitrogens with one attached hydrogen (secondary N) is 2. The summed E-state index contributed by atoms with van der Waals surface area (Å²) in [5.74, 6) is -0.101. The monoisotopic (exact) mass is 278 g/mol. The number of anilines is 1. The van der Waals surface area contributed by atoms with E-state index in [-0.39, 0.29) is 11.6 Å². The van der Waals surface area contributed by atoms with E-state index in [0.29, 0.717) is 18.3 Å². The number of likely N-dealkylation sites (N-methyl/N-ethyl adjacent to an activating group) is 1. The van der Waals surface area contributed by atoms with Crippen LogP contribution in [0.25, 0.3) is 0 Å². The summed E-state index contributed by atoms with van der Waals surface area (Å²) in [4.78, 5) is 24.0. The lowest BCUT2D eigenvalue weighted by molar-refractivity contribution is -0.384. The molecule has 1 fully saturated rings. The van der Waals surface area contributed by atoms with E-state index in [9.17, 15) is 14.9 Å². The van der Waals surface area contributed by atoms with Crippen molar-refractivity contribution in [2.75, 3.05) is 32.0 Å². The lowest BCUT2D eigenvalue weighted by Gasteiger charge is -2.15. The first-order valence-corrected chi connectivity index (χ1v) is 6.52. The van der Waals surface area contributed by atoms with Gasteiger partial charge in [-0.05, 0) is 25.6 Å². The molecule has 0 spiro atoms. The van der Waals surface area contributed by atoms with E-state index in [0.717, 1.165) is 19.5 Å². The van der Waals surface area contributed by atoms with E-state index in [1.807, 2.05) is 7.05 Å². The number of carbonyl (C=O) groups excluding carboxylic acids is 1. The van der Waals surface area contributed by atoms with Crippen LogP contribution in [0.15, 0.2) is 24.3 Å². The normalized spacial score (nSPS) is 18.9. The molecule has 1 aliphatic rings. The Balaban J connectivity index is 1.84. The predicted octanol–water partition coefficient (Wildman–Crippen LogP) is 0.827. The highest BCUT2D eigenvalue weighted by Crippen LogP contribution is 2.15. The van der Waals surface area contributed by atoms with Crippen molar-refractivity contribution in [2.24, 2.45) is 0 Å². The zero-order chi connectivity index (χ0) is 14.5. The zero-order valence-electron chi connectivity index (χ0n) is 11.3. The van der Waals surface area contributed by atoms with Crippen LogP contribution >= 0.6 is 0 Å². The SMILES string of the molecule is CNC1CCN(CC(=O)Nc2ccc([N+](=O)[O-])cc2)C1. The van der Waals surface area contributed by atoms with Crippen molar-refractivity contribution in [3.05, 3.63) is 34.4 Å². The molecular weight excluding hydrogens is 260 g/mol. The molecule has 1 saturated heterocycles. The van der Waals surface area contributed by atoms with Crippen LogP contribution in [0.4, 0.5) is 11.4 Å². The second kappa shape index (κ2) is 6.44. The van der Waals surface area contributed by atoms with Gasteiger partial charge in [0.25, 0.3) is 5.69 Å². The van der Waals surface area contributed by atoms with Gasteiger partial charge >= 0.3 is 0 Å². The van der Waals surface area contributed by atoms with E-state index in [2.05, 4.69) is 15.5 Å². The van der Waals surface area contributed by atoms with Crippen molar-refractivity contribution in [1.82, 2.24) is 10.2 Å². The molecule has 1 amide bonds. The standard InChI is InChI=1S/C13H18N4O3/c1-14-11-6-7-16(8-11)9-13(18)15-10-2-4-12(5-3-10)17(19)20/h2-5,11,14H,6-9H2,1H3,(H,15,18). The van der Waals surface area contributed by atoms with Gasteiger partial charge in [0.2, 0.25) is 5.91 Å². The lowest BCUT2D eigenvalue weighted by Crippen LogP contribution is -2.34. The van der Waals surface area contributed by atoms with Crippen molar-refractivity contribution < 1.29 is 9.72 Å². The van der Waals surface area contributed by atoms with Crippen LogP contribution in [0.5, 0.6) is 0 Å². The molecule has 0 aromatic heterocycles. The quantitative estimate of drug-likeness (QED) is 0.615. The molecule has 1 heterocycles. The molecule has 1 aromatic carbocycles. The third-order valence-corrected chi connectivity index (χ3v) is 3.41. The Kier molecular flexibility index (Phi) is 4.65. The molecule has 0 aliphatic carbocycles. The number of carbonyl (C=O) groups is 1. The van der Waals surface area contributed by atoms with Gasteiger partial charge < -0.3 is 10.6 Å². The molecule has 2 rings (SSSR count). The number of nitro benzene ring substituents is 1. The van der Waals surface area contributed by atoms with Crippen molar-refractivity contribution in [3.63, 3.8) is 0 Å². The Morgan fingerprint density at radius 2 is 2.15 bits per heavy atom. The molecule has 2 N–H and O–H groups in total. The van der Waals surface area contributed by atoms with E-state index in [1.165, 1.54) is 24.3 Å². The molecule has 108 valence electrons. The van der Waals surface area contributed by atoms with Crippen molar-refractivity contribution >= 4 is 17.3 Å². The highest BCUT2D eigenvalue weighted by molar-refractivity contribution is 5.92. The van der Waals surface area contributed by atoms with Crippen LogP contribution in [0.3, 0.4) is 0 Å². The molecule has 0 radical (unpaired) electrons. The molecular formula is C13H18N4O3. The number of benzene rings is 1. The summed E-state index contributed by atoms with van der Waals surface area (Å²) in [6, 6.07) is 6.28. The Hall–Kier alpha value is -1.99. The number of amides is 1. The fourth-order valence-corrected chi connectivity index (χ4v) is 2.28. The van der Waals surface area contributed by atoms with Gasteiger partial charge in [-0.3, -0.25) is 19.8 Å². The minimum absolute atomic E-state index is 0.0133. The summed E-state index contributed by atoms with van der Waals surface area (Å²) < 4.78 is 0. The smallest absolute Gasteiger partial charge is 0.269 e. The summed E-state index contributed by atoms with van der Waals surface area (Å²) >= 11 is 0. The number of hydrogen-bond acceptors (Lipinski definition) is 5. The van der Waals surface area contributed by atoms with Gasteiger partial charge in [-0.1, -0.05) is 0 Å². The molecule has 1 unspecified atom stereocenters. The highest BCUT2D eigenvalue weighted by atomic mass is 16.6. The van der Waals surface area contributed by atoms with E-state index >= 15 is 0 Å². The summed E-state index contributed by atoms with van der Waals surface area (Å²) in [6.07, 6.45) is 1.04. The predicted molar refractivity (Wildman–Crippen MR) is 75.6 cm³/mol. The average Bonchev–Trinajstić information content (AvgIpc) is 2.86. The third kappa shape index (κ3) is 3.75. The number of non-ortho nitro benzene ring substituents is 1. The zero-order valence-corrected chi connectivity index (χ0v) is 11.3. The number of likely N-dealkylation sites (tertiary alicyclic amines) is 1. The van der Waals surface area contributed by atoms with Gasteiger partial charge in [-0.25, -0.2) is 0 Å². The first kappa shape index (κ1) is 14.4. The molecule has 7 heteroatoms. The fraction of sp³-hybridized carbons (Fsp3) is 0.462. The molecule has 0 bridgehead atoms. The highest BCUT2D eigenvalue weighted by Gasteiger charge is 2.22. The van der Waals surface area contributed by atoms with Gasteiger partial charge in [-0.2, -0.15) is 0 Å². The third-order valence-electron chi connectivity index (χ3n) is 3.41. The first-order valence-electron chi connectivity index (χ1n) is 6.52. The number of nitrogens with zero attached hydrogens (tertiary/aromatic N) is 2. The maximum atomic E-state index is 11.9. The number of rotatable bonds is 5. The summed E-state index contributed by atoms with van der Waals surface area (Å²) in [6.45, 7) is 2.11.